The molecule has 0 aliphatic heterocycles. The fourth-order valence-electron chi connectivity index (χ4n) is 1.97. The molecule has 100 valence electrons. The van der Waals surface area contributed by atoms with Gasteiger partial charge in [-0.05, 0) is 17.7 Å². The summed E-state index contributed by atoms with van der Waals surface area (Å²) < 4.78 is 5.22. The zero-order valence-electron chi connectivity index (χ0n) is 10.1. The largest absolute Gasteiger partial charge is 0.478 e. The van der Waals surface area contributed by atoms with Crippen LogP contribution in [0.5, 0.6) is 0 Å². The molecule has 2 heterocycles. The highest BCUT2D eigenvalue weighted by atomic mass is 16.4. The first-order valence-electron chi connectivity index (χ1n) is 5.67. The summed E-state index contributed by atoms with van der Waals surface area (Å²) in [6.45, 7) is 0. The normalized spacial score (nSPS) is 10.8. The number of aromatic amines is 1. The number of hydrogen-bond acceptors (Lipinski definition) is 5. The number of aromatic nitrogens is 2. The molecule has 0 fully saturated rings. The van der Waals surface area contributed by atoms with E-state index in [2.05, 4.69) is 9.97 Å². The Kier molecular flexibility index (Phi) is 2.53. The first kappa shape index (κ1) is 12.0. The molecular formula is C13H9N3O4. The lowest BCUT2D eigenvalue weighted by Gasteiger charge is -1.99. The van der Waals surface area contributed by atoms with Crippen LogP contribution in [0.1, 0.15) is 10.4 Å². The van der Waals surface area contributed by atoms with E-state index in [0.717, 1.165) is 0 Å². The van der Waals surface area contributed by atoms with Crippen LogP contribution in [0.25, 0.3) is 22.2 Å². The number of nitrogens with two attached hydrogens (primary N) is 1. The fourth-order valence-corrected chi connectivity index (χ4v) is 1.97. The van der Waals surface area contributed by atoms with E-state index < -0.39 is 11.5 Å². The second kappa shape index (κ2) is 4.23. The molecule has 3 rings (SSSR count). The molecule has 0 saturated heterocycles. The molecule has 7 nitrogen and oxygen atoms in total. The summed E-state index contributed by atoms with van der Waals surface area (Å²) in [5.41, 5.74) is 6.53. The maximum Gasteiger partial charge on any atom is 0.335 e. The van der Waals surface area contributed by atoms with E-state index in [0.29, 0.717) is 11.1 Å². The van der Waals surface area contributed by atoms with Gasteiger partial charge in [-0.1, -0.05) is 12.1 Å². The monoisotopic (exact) mass is 271 g/mol. The van der Waals surface area contributed by atoms with Crippen molar-refractivity contribution in [3.8, 4) is 11.1 Å². The van der Waals surface area contributed by atoms with Crippen molar-refractivity contribution in [3.63, 3.8) is 0 Å². The lowest BCUT2D eigenvalue weighted by Crippen LogP contribution is -2.10. The highest BCUT2D eigenvalue weighted by molar-refractivity contribution is 5.93. The molecule has 0 bridgehead atoms. The first-order valence-corrected chi connectivity index (χ1v) is 5.67. The lowest BCUT2D eigenvalue weighted by atomic mass is 10.0. The predicted octanol–water partition coefficient (Wildman–Crippen LogP) is 1.46. The smallest absolute Gasteiger partial charge is 0.335 e. The number of nitrogens with zero attached hydrogens (tertiary/aromatic N) is 1. The van der Waals surface area contributed by atoms with E-state index in [1.165, 1.54) is 18.4 Å². The number of carboxylic acids is 1. The number of anilines is 1. The van der Waals surface area contributed by atoms with E-state index in [9.17, 15) is 9.59 Å². The topological polar surface area (TPSA) is 122 Å². The second-order valence-electron chi connectivity index (χ2n) is 4.16. The van der Waals surface area contributed by atoms with Crippen molar-refractivity contribution in [2.45, 2.75) is 0 Å². The van der Waals surface area contributed by atoms with Gasteiger partial charge in [-0.3, -0.25) is 9.78 Å². The van der Waals surface area contributed by atoms with Crippen LogP contribution in [0.4, 0.5) is 5.95 Å². The third kappa shape index (κ3) is 1.81. The van der Waals surface area contributed by atoms with Crippen molar-refractivity contribution < 1.29 is 14.3 Å². The Morgan fingerprint density at radius 3 is 2.65 bits per heavy atom. The molecule has 0 aliphatic rings. The average molecular weight is 271 g/mol. The van der Waals surface area contributed by atoms with Crippen LogP contribution in [0.15, 0.2) is 39.7 Å². The quantitative estimate of drug-likeness (QED) is 0.648. The Bertz CT molecular complexity index is 861. The highest BCUT2D eigenvalue weighted by Gasteiger charge is 2.14. The Morgan fingerprint density at radius 1 is 1.30 bits per heavy atom. The molecule has 0 unspecified atom stereocenters. The Balaban J connectivity index is 2.20. The highest BCUT2D eigenvalue weighted by Crippen LogP contribution is 2.27. The van der Waals surface area contributed by atoms with Gasteiger partial charge >= 0.3 is 5.97 Å². The summed E-state index contributed by atoms with van der Waals surface area (Å²) in [4.78, 5) is 29.0. The number of nitrogens with one attached hydrogen (secondary N) is 1. The molecule has 7 heteroatoms. The van der Waals surface area contributed by atoms with Crippen LogP contribution in [-0.4, -0.2) is 21.0 Å². The van der Waals surface area contributed by atoms with Crippen LogP contribution in [-0.2, 0) is 0 Å². The summed E-state index contributed by atoms with van der Waals surface area (Å²) in [5, 5.41) is 9.14. The molecule has 0 amide bonds. The molecule has 0 atom stereocenters. The van der Waals surface area contributed by atoms with Crippen molar-refractivity contribution in [2.75, 3.05) is 5.73 Å². The van der Waals surface area contributed by atoms with Crippen LogP contribution in [0.2, 0.25) is 0 Å². The molecule has 0 radical (unpaired) electrons. The summed E-state index contributed by atoms with van der Waals surface area (Å²) in [7, 11) is 0. The minimum atomic E-state index is -1.01. The van der Waals surface area contributed by atoms with Crippen molar-refractivity contribution in [1.29, 1.82) is 0 Å². The van der Waals surface area contributed by atoms with Gasteiger partial charge in [0.15, 0.2) is 0 Å². The number of benzene rings is 1. The summed E-state index contributed by atoms with van der Waals surface area (Å²) in [6, 6.07) is 6.11. The third-order valence-corrected chi connectivity index (χ3v) is 2.91. The predicted molar refractivity (Wildman–Crippen MR) is 71.4 cm³/mol. The maximum atomic E-state index is 11.9. The third-order valence-electron chi connectivity index (χ3n) is 2.91. The number of hydrogen-bond donors (Lipinski definition) is 3. The summed E-state index contributed by atoms with van der Waals surface area (Å²) in [5.74, 6) is -1.04. The number of aromatic carboxylic acids is 1. The Labute approximate surface area is 111 Å². The summed E-state index contributed by atoms with van der Waals surface area (Å²) >= 11 is 0. The van der Waals surface area contributed by atoms with Crippen LogP contribution < -0.4 is 11.3 Å². The number of fused-ring (bicyclic) bond motifs is 1. The standard InChI is InChI=1S/C13H9N3O4/c14-13-15-10(17)9-8(5-20-11(9)16-13)6-1-3-7(4-2-6)12(18)19/h1-5H,(H,18,19)(H3,14,15,16,17). The van der Waals surface area contributed by atoms with Crippen LogP contribution in [0.3, 0.4) is 0 Å². The van der Waals surface area contributed by atoms with Gasteiger partial charge in [-0.25, -0.2) is 4.79 Å². The number of rotatable bonds is 2. The van der Waals surface area contributed by atoms with Gasteiger partial charge in [0, 0.05) is 5.56 Å². The number of H-pyrrole nitrogens is 1. The molecule has 1 aromatic carbocycles. The van der Waals surface area contributed by atoms with E-state index in [1.54, 1.807) is 12.1 Å². The maximum absolute atomic E-state index is 11.9. The lowest BCUT2D eigenvalue weighted by molar-refractivity contribution is 0.0697. The molecule has 0 aliphatic carbocycles. The Hall–Kier alpha value is -3.09. The summed E-state index contributed by atoms with van der Waals surface area (Å²) in [6.07, 6.45) is 1.39. The zero-order valence-corrected chi connectivity index (χ0v) is 10.1. The van der Waals surface area contributed by atoms with Crippen LogP contribution in [0, 0.1) is 0 Å². The van der Waals surface area contributed by atoms with Gasteiger partial charge in [-0.2, -0.15) is 4.98 Å². The molecule has 0 saturated carbocycles. The molecule has 2 aromatic heterocycles. The number of carbonyl (C=O) groups is 1. The van der Waals surface area contributed by atoms with Gasteiger partial charge < -0.3 is 15.3 Å². The minimum absolute atomic E-state index is 0.0235. The number of carboxylic acid groups (broad SMARTS) is 1. The van der Waals surface area contributed by atoms with Gasteiger partial charge in [0.2, 0.25) is 11.7 Å². The fraction of sp³-hybridized carbons (Fsp3) is 0. The van der Waals surface area contributed by atoms with E-state index >= 15 is 0 Å². The molecule has 4 N–H and O–H groups in total. The SMILES string of the molecule is Nc1nc2occ(-c3ccc(C(=O)O)cc3)c2c(=O)[nH]1. The van der Waals surface area contributed by atoms with Crippen molar-refractivity contribution in [3.05, 3.63) is 46.4 Å². The molecule has 3 aromatic rings. The molecule has 20 heavy (non-hydrogen) atoms. The average Bonchev–Trinajstić information content (AvgIpc) is 2.82. The molecule has 0 spiro atoms. The molecular weight excluding hydrogens is 262 g/mol. The zero-order chi connectivity index (χ0) is 14.3. The first-order chi connectivity index (χ1) is 9.56. The van der Waals surface area contributed by atoms with E-state index in [-0.39, 0.29) is 22.6 Å². The van der Waals surface area contributed by atoms with E-state index in [1.807, 2.05) is 0 Å². The van der Waals surface area contributed by atoms with Gasteiger partial charge in [0.05, 0.1) is 5.56 Å². The van der Waals surface area contributed by atoms with E-state index in [4.69, 9.17) is 15.3 Å². The van der Waals surface area contributed by atoms with Crippen molar-refractivity contribution >= 4 is 23.0 Å². The number of nitrogen functional groups attached to an aromatic ring is 1. The minimum Gasteiger partial charge on any atom is -0.478 e. The van der Waals surface area contributed by atoms with Crippen molar-refractivity contribution in [1.82, 2.24) is 9.97 Å². The van der Waals surface area contributed by atoms with Gasteiger partial charge in [-0.15, -0.1) is 0 Å². The van der Waals surface area contributed by atoms with Gasteiger partial charge in [0.1, 0.15) is 11.6 Å². The second-order valence-corrected chi connectivity index (χ2v) is 4.16. The Morgan fingerprint density at radius 2 is 2.00 bits per heavy atom. The van der Waals surface area contributed by atoms with Gasteiger partial charge in [0.25, 0.3) is 5.56 Å². The van der Waals surface area contributed by atoms with Crippen molar-refractivity contribution in [2.24, 2.45) is 0 Å². The number of furan rings is 1. The van der Waals surface area contributed by atoms with Crippen LogP contribution >= 0.6 is 0 Å².